The summed E-state index contributed by atoms with van der Waals surface area (Å²) in [7, 11) is 0. The molecule has 2 nitrogen and oxygen atoms in total. The molecule has 11 heavy (non-hydrogen) atoms. The second kappa shape index (κ2) is 2.38. The topological polar surface area (TPSA) is 26.0 Å². The van der Waals surface area contributed by atoms with Crippen LogP contribution in [0.4, 0.5) is 0 Å². The monoisotopic (exact) mass is 147 g/mol. The first-order chi connectivity index (χ1) is 5.36. The van der Waals surface area contributed by atoms with Gasteiger partial charge < -0.3 is 4.42 Å². The van der Waals surface area contributed by atoms with E-state index in [0.29, 0.717) is 0 Å². The second-order valence-electron chi connectivity index (χ2n) is 2.65. The van der Waals surface area contributed by atoms with Crippen LogP contribution in [0.1, 0.15) is 18.4 Å². The molecule has 0 bridgehead atoms. The first-order valence-electron chi connectivity index (χ1n) is 3.63. The maximum atomic E-state index is 5.18. The van der Waals surface area contributed by atoms with Gasteiger partial charge in [0.25, 0.3) is 0 Å². The lowest BCUT2D eigenvalue weighted by Crippen LogP contribution is -1.79. The lowest BCUT2D eigenvalue weighted by Gasteiger charge is -1.87. The van der Waals surface area contributed by atoms with E-state index in [2.05, 4.69) is 18.0 Å². The minimum absolute atomic E-state index is 0.855. The number of oxazole rings is 1. The van der Waals surface area contributed by atoms with Crippen LogP contribution in [0.15, 0.2) is 28.5 Å². The van der Waals surface area contributed by atoms with Crippen LogP contribution in [0.2, 0.25) is 0 Å². The molecule has 0 aromatic carbocycles. The largest absolute Gasteiger partial charge is 0.448 e. The van der Waals surface area contributed by atoms with Crippen molar-refractivity contribution in [2.24, 2.45) is 0 Å². The normalized spacial score (nSPS) is 15.5. The van der Waals surface area contributed by atoms with Gasteiger partial charge in [0.15, 0.2) is 6.39 Å². The summed E-state index contributed by atoms with van der Waals surface area (Å²) in [6.45, 7) is 2.07. The molecular weight excluding hydrogens is 138 g/mol. The molecule has 0 fully saturated rings. The molecule has 0 radical (unpaired) electrons. The molecule has 1 aliphatic rings. The summed E-state index contributed by atoms with van der Waals surface area (Å²) in [6.07, 6.45) is 8.51. The molecule has 0 spiro atoms. The van der Waals surface area contributed by atoms with Crippen molar-refractivity contribution in [2.45, 2.75) is 13.3 Å². The standard InChI is InChI=1S/C9H9NO/c1-7-2-4-8-9(5-3-7)11-6-10-8/h2-4,6H,5H2,1H3. The zero-order valence-electron chi connectivity index (χ0n) is 6.37. The van der Waals surface area contributed by atoms with Crippen molar-refractivity contribution in [2.75, 3.05) is 0 Å². The van der Waals surface area contributed by atoms with Gasteiger partial charge in [-0.3, -0.25) is 0 Å². The van der Waals surface area contributed by atoms with Gasteiger partial charge in [0.05, 0.1) is 0 Å². The molecule has 0 N–H and O–H groups in total. The number of fused-ring (bicyclic) bond motifs is 1. The lowest BCUT2D eigenvalue weighted by atomic mass is 10.2. The van der Waals surface area contributed by atoms with Gasteiger partial charge in [-0.2, -0.15) is 0 Å². The highest BCUT2D eigenvalue weighted by Crippen LogP contribution is 2.15. The first-order valence-corrected chi connectivity index (χ1v) is 3.63. The van der Waals surface area contributed by atoms with E-state index in [0.717, 1.165) is 17.9 Å². The number of hydrogen-bond acceptors (Lipinski definition) is 2. The van der Waals surface area contributed by atoms with Gasteiger partial charge in [-0.25, -0.2) is 4.98 Å². The molecule has 56 valence electrons. The quantitative estimate of drug-likeness (QED) is 0.562. The SMILES string of the molecule is CC1=CCc2ocnc2C=C1. The molecule has 2 rings (SSSR count). The average Bonchev–Trinajstić information content (AvgIpc) is 2.38. The smallest absolute Gasteiger partial charge is 0.181 e. The van der Waals surface area contributed by atoms with Crippen LogP contribution in [0.3, 0.4) is 0 Å². The molecule has 1 aromatic heterocycles. The molecule has 0 saturated heterocycles. The first kappa shape index (κ1) is 6.40. The summed E-state index contributed by atoms with van der Waals surface area (Å²) in [5.74, 6) is 0.957. The van der Waals surface area contributed by atoms with Crippen molar-refractivity contribution < 1.29 is 4.42 Å². The van der Waals surface area contributed by atoms with E-state index in [-0.39, 0.29) is 0 Å². The molecule has 1 aromatic rings. The Labute approximate surface area is 65.2 Å². The van der Waals surface area contributed by atoms with Crippen molar-refractivity contribution in [3.8, 4) is 0 Å². The minimum Gasteiger partial charge on any atom is -0.448 e. The molecule has 0 amide bonds. The van der Waals surface area contributed by atoms with Gasteiger partial charge in [-0.1, -0.05) is 17.7 Å². The van der Waals surface area contributed by atoms with Gasteiger partial charge in [-0.15, -0.1) is 0 Å². The Kier molecular flexibility index (Phi) is 1.39. The van der Waals surface area contributed by atoms with Crippen LogP contribution in [0, 0.1) is 0 Å². The fraction of sp³-hybridized carbons (Fsp3) is 0.222. The molecule has 1 heterocycles. The zero-order chi connectivity index (χ0) is 7.68. The Bertz CT molecular complexity index is 320. The molecule has 0 aliphatic heterocycles. The number of nitrogens with zero attached hydrogens (tertiary/aromatic N) is 1. The van der Waals surface area contributed by atoms with Gasteiger partial charge >= 0.3 is 0 Å². The van der Waals surface area contributed by atoms with Crippen LogP contribution in [0.5, 0.6) is 0 Å². The van der Waals surface area contributed by atoms with Crippen molar-refractivity contribution >= 4 is 6.08 Å². The van der Waals surface area contributed by atoms with Crippen LogP contribution in [-0.4, -0.2) is 4.98 Å². The Hall–Kier alpha value is -1.31. The summed E-state index contributed by atoms with van der Waals surface area (Å²) in [5.41, 5.74) is 2.22. The second-order valence-corrected chi connectivity index (χ2v) is 2.65. The van der Waals surface area contributed by atoms with E-state index in [1.807, 2.05) is 12.2 Å². The van der Waals surface area contributed by atoms with Gasteiger partial charge in [0, 0.05) is 6.42 Å². The summed E-state index contributed by atoms with van der Waals surface area (Å²) >= 11 is 0. The summed E-state index contributed by atoms with van der Waals surface area (Å²) < 4.78 is 5.18. The highest BCUT2D eigenvalue weighted by molar-refractivity contribution is 5.52. The Morgan fingerprint density at radius 1 is 1.45 bits per heavy atom. The van der Waals surface area contributed by atoms with E-state index in [1.165, 1.54) is 12.0 Å². The molecule has 2 heteroatoms. The highest BCUT2D eigenvalue weighted by atomic mass is 16.3. The van der Waals surface area contributed by atoms with Crippen molar-refractivity contribution in [3.63, 3.8) is 0 Å². The van der Waals surface area contributed by atoms with E-state index in [9.17, 15) is 0 Å². The maximum Gasteiger partial charge on any atom is 0.181 e. The Morgan fingerprint density at radius 3 is 3.27 bits per heavy atom. The zero-order valence-corrected chi connectivity index (χ0v) is 6.37. The van der Waals surface area contributed by atoms with E-state index in [1.54, 1.807) is 0 Å². The Morgan fingerprint density at radius 2 is 2.36 bits per heavy atom. The van der Waals surface area contributed by atoms with Crippen LogP contribution in [-0.2, 0) is 6.42 Å². The van der Waals surface area contributed by atoms with Crippen molar-refractivity contribution in [1.29, 1.82) is 0 Å². The highest BCUT2D eigenvalue weighted by Gasteiger charge is 2.05. The number of rotatable bonds is 0. The minimum atomic E-state index is 0.855. The van der Waals surface area contributed by atoms with Gasteiger partial charge in [-0.05, 0) is 13.0 Å². The van der Waals surface area contributed by atoms with E-state index in [4.69, 9.17) is 4.42 Å². The van der Waals surface area contributed by atoms with Crippen LogP contribution >= 0.6 is 0 Å². The summed E-state index contributed by atoms with van der Waals surface area (Å²) in [6, 6.07) is 0. The molecular formula is C9H9NO. The van der Waals surface area contributed by atoms with Crippen LogP contribution < -0.4 is 0 Å². The molecule has 0 saturated carbocycles. The third-order valence-corrected chi connectivity index (χ3v) is 1.79. The maximum absolute atomic E-state index is 5.18. The number of hydrogen-bond donors (Lipinski definition) is 0. The van der Waals surface area contributed by atoms with E-state index >= 15 is 0 Å². The molecule has 0 atom stereocenters. The summed E-state index contributed by atoms with van der Waals surface area (Å²) in [5, 5.41) is 0. The third-order valence-electron chi connectivity index (χ3n) is 1.79. The van der Waals surface area contributed by atoms with Gasteiger partial charge in [0.1, 0.15) is 11.5 Å². The fourth-order valence-corrected chi connectivity index (χ4v) is 1.10. The van der Waals surface area contributed by atoms with Crippen LogP contribution in [0.25, 0.3) is 6.08 Å². The fourth-order valence-electron chi connectivity index (χ4n) is 1.10. The predicted octanol–water partition coefficient (Wildman–Crippen LogP) is 2.19. The van der Waals surface area contributed by atoms with E-state index < -0.39 is 0 Å². The summed E-state index contributed by atoms with van der Waals surface area (Å²) in [4.78, 5) is 4.06. The number of aromatic nitrogens is 1. The third kappa shape index (κ3) is 1.11. The predicted molar refractivity (Wildman–Crippen MR) is 43.0 cm³/mol. The average molecular weight is 147 g/mol. The van der Waals surface area contributed by atoms with Crippen molar-refractivity contribution in [1.82, 2.24) is 4.98 Å². The number of allylic oxidation sites excluding steroid dienone is 3. The Balaban J connectivity index is 2.45. The molecule has 0 unspecified atom stereocenters. The van der Waals surface area contributed by atoms with Gasteiger partial charge in [0.2, 0.25) is 0 Å². The lowest BCUT2D eigenvalue weighted by molar-refractivity contribution is 0.516. The molecule has 1 aliphatic carbocycles. The van der Waals surface area contributed by atoms with Crippen molar-refractivity contribution in [3.05, 3.63) is 35.6 Å².